The van der Waals surface area contributed by atoms with Crippen molar-refractivity contribution in [3.63, 3.8) is 0 Å². The molecule has 16 heavy (non-hydrogen) atoms. The predicted molar refractivity (Wildman–Crippen MR) is 60.0 cm³/mol. The van der Waals surface area contributed by atoms with Crippen LogP contribution in [0.1, 0.15) is 0 Å². The summed E-state index contributed by atoms with van der Waals surface area (Å²) >= 11 is 1.35. The number of thiazole rings is 1. The van der Waals surface area contributed by atoms with Crippen molar-refractivity contribution >= 4 is 27.2 Å². The Morgan fingerprint density at radius 3 is 2.94 bits per heavy atom. The number of non-ortho nitro benzene ring substituents is 1. The first-order chi connectivity index (χ1) is 7.63. The first-order valence-corrected chi connectivity index (χ1v) is 5.26. The minimum absolute atomic E-state index is 0.0818. The summed E-state index contributed by atoms with van der Waals surface area (Å²) in [5, 5.41) is 14.4. The van der Waals surface area contributed by atoms with E-state index in [9.17, 15) is 10.1 Å². The minimum Gasteiger partial charge on any atom is -0.397 e. The normalized spacial score (nSPS) is 12.0. The number of hydrogen-bond donors (Lipinski definition) is 0. The number of hydrogen-bond acceptors (Lipinski definition) is 5. The van der Waals surface area contributed by atoms with Gasteiger partial charge in [0.05, 0.1) is 15.1 Å². The van der Waals surface area contributed by atoms with Crippen molar-refractivity contribution in [3.8, 4) is 0 Å². The molecule has 84 valence electrons. The summed E-state index contributed by atoms with van der Waals surface area (Å²) in [6, 6.07) is 4.72. The Labute approximate surface area is 94.5 Å². The molecule has 0 fully saturated rings. The molecule has 0 aliphatic carbocycles. The van der Waals surface area contributed by atoms with Crippen molar-refractivity contribution in [1.82, 2.24) is 4.57 Å². The van der Waals surface area contributed by atoms with E-state index in [-0.39, 0.29) is 5.69 Å². The van der Waals surface area contributed by atoms with Crippen LogP contribution in [0.4, 0.5) is 5.69 Å². The first-order valence-electron chi connectivity index (χ1n) is 4.44. The second kappa shape index (κ2) is 3.93. The lowest BCUT2D eigenvalue weighted by Crippen LogP contribution is -2.09. The largest absolute Gasteiger partial charge is 0.397 e. The molecule has 0 aliphatic rings. The van der Waals surface area contributed by atoms with Crippen LogP contribution >= 0.6 is 11.3 Å². The third-order valence-electron chi connectivity index (χ3n) is 2.17. The van der Waals surface area contributed by atoms with Gasteiger partial charge in [-0.2, -0.15) is 0 Å². The molecule has 0 aliphatic heterocycles. The second-order valence-electron chi connectivity index (χ2n) is 3.13. The number of benzene rings is 1. The van der Waals surface area contributed by atoms with Gasteiger partial charge in [-0.25, -0.2) is 0 Å². The molecule has 0 saturated heterocycles. The summed E-state index contributed by atoms with van der Waals surface area (Å²) in [6.07, 6.45) is 0. The van der Waals surface area contributed by atoms with E-state index in [4.69, 9.17) is 4.84 Å². The average molecular weight is 239 g/mol. The van der Waals surface area contributed by atoms with Crippen LogP contribution in [0.25, 0.3) is 10.2 Å². The first kappa shape index (κ1) is 10.6. The van der Waals surface area contributed by atoms with Crippen LogP contribution in [0.5, 0.6) is 0 Å². The second-order valence-corrected chi connectivity index (χ2v) is 4.14. The molecule has 0 N–H and O–H groups in total. The van der Waals surface area contributed by atoms with Crippen LogP contribution in [0, 0.1) is 10.1 Å². The highest BCUT2D eigenvalue weighted by Gasteiger charge is 2.09. The SMILES string of the molecule is CON=c1sc2cc([N+](=O)[O-])ccc2n1C. The van der Waals surface area contributed by atoms with E-state index in [1.54, 1.807) is 6.07 Å². The Balaban J connectivity index is 2.72. The molecular formula is C9H9N3O3S. The molecule has 0 radical (unpaired) electrons. The molecule has 0 unspecified atom stereocenters. The maximum Gasteiger partial charge on any atom is 0.270 e. The zero-order valence-electron chi connectivity index (χ0n) is 8.71. The smallest absolute Gasteiger partial charge is 0.270 e. The van der Waals surface area contributed by atoms with E-state index in [1.807, 2.05) is 11.6 Å². The Hall–Kier alpha value is -1.89. The molecular weight excluding hydrogens is 230 g/mol. The van der Waals surface area contributed by atoms with Crippen molar-refractivity contribution in [3.05, 3.63) is 33.1 Å². The van der Waals surface area contributed by atoms with Gasteiger partial charge < -0.3 is 9.40 Å². The average Bonchev–Trinajstić information content (AvgIpc) is 2.56. The lowest BCUT2D eigenvalue weighted by Gasteiger charge is -1.94. The lowest BCUT2D eigenvalue weighted by molar-refractivity contribution is -0.384. The number of rotatable bonds is 2. The zero-order valence-corrected chi connectivity index (χ0v) is 9.52. The zero-order chi connectivity index (χ0) is 11.7. The van der Waals surface area contributed by atoms with Crippen LogP contribution in [-0.2, 0) is 11.9 Å². The standard InChI is InChI=1S/C9H9N3O3S/c1-11-7-4-3-6(12(13)14)5-8(7)16-9(11)10-15-2/h3-5H,1-2H3. The number of aryl methyl sites for hydroxylation is 1. The van der Waals surface area contributed by atoms with Crippen molar-refractivity contribution in [1.29, 1.82) is 0 Å². The number of nitro groups is 1. The fourth-order valence-electron chi connectivity index (χ4n) is 1.40. The van der Waals surface area contributed by atoms with Crippen LogP contribution in [0.3, 0.4) is 0 Å². The molecule has 1 aromatic carbocycles. The van der Waals surface area contributed by atoms with Crippen LogP contribution < -0.4 is 4.80 Å². The van der Waals surface area contributed by atoms with Gasteiger partial charge in [0.15, 0.2) is 0 Å². The number of fused-ring (bicyclic) bond motifs is 1. The van der Waals surface area contributed by atoms with E-state index in [0.29, 0.717) is 4.80 Å². The van der Waals surface area contributed by atoms with Crippen molar-refractivity contribution < 1.29 is 9.76 Å². The molecule has 2 aromatic rings. The quantitative estimate of drug-likeness (QED) is 0.590. The summed E-state index contributed by atoms with van der Waals surface area (Å²) in [5.74, 6) is 0. The van der Waals surface area contributed by atoms with Gasteiger partial charge in [0.2, 0.25) is 4.80 Å². The molecule has 0 bridgehead atoms. The maximum absolute atomic E-state index is 10.6. The van der Waals surface area contributed by atoms with E-state index in [1.165, 1.54) is 30.6 Å². The molecule has 1 aromatic heterocycles. The topological polar surface area (TPSA) is 69.7 Å². The summed E-state index contributed by atoms with van der Waals surface area (Å²) in [5.41, 5.74) is 0.977. The highest BCUT2D eigenvalue weighted by Crippen LogP contribution is 2.22. The van der Waals surface area contributed by atoms with E-state index >= 15 is 0 Å². The summed E-state index contributed by atoms with van der Waals surface area (Å²) < 4.78 is 2.64. The van der Waals surface area contributed by atoms with Crippen molar-refractivity contribution in [2.24, 2.45) is 12.2 Å². The van der Waals surface area contributed by atoms with Crippen molar-refractivity contribution in [2.45, 2.75) is 0 Å². The molecule has 6 nitrogen and oxygen atoms in total. The molecule has 0 amide bonds. The Morgan fingerprint density at radius 1 is 1.56 bits per heavy atom. The van der Waals surface area contributed by atoms with Crippen LogP contribution in [0.15, 0.2) is 23.4 Å². The highest BCUT2D eigenvalue weighted by atomic mass is 32.1. The molecule has 0 spiro atoms. The van der Waals surface area contributed by atoms with Gasteiger partial charge in [-0.3, -0.25) is 10.1 Å². The van der Waals surface area contributed by atoms with Crippen LogP contribution in [-0.4, -0.2) is 16.6 Å². The van der Waals surface area contributed by atoms with E-state index in [0.717, 1.165) is 10.2 Å². The number of aromatic nitrogens is 1. The lowest BCUT2D eigenvalue weighted by atomic mass is 10.3. The van der Waals surface area contributed by atoms with E-state index in [2.05, 4.69) is 5.16 Å². The Bertz CT molecular complexity index is 614. The molecule has 0 saturated carbocycles. The van der Waals surface area contributed by atoms with Gasteiger partial charge in [0.25, 0.3) is 5.69 Å². The summed E-state index contributed by atoms with van der Waals surface area (Å²) in [7, 11) is 3.30. The highest BCUT2D eigenvalue weighted by molar-refractivity contribution is 7.16. The fraction of sp³-hybridized carbons (Fsp3) is 0.222. The van der Waals surface area contributed by atoms with Gasteiger partial charge in [0.1, 0.15) is 7.11 Å². The van der Waals surface area contributed by atoms with Gasteiger partial charge in [0, 0.05) is 19.2 Å². The van der Waals surface area contributed by atoms with Crippen molar-refractivity contribution in [2.75, 3.05) is 7.11 Å². The van der Waals surface area contributed by atoms with E-state index < -0.39 is 4.92 Å². The number of nitro benzene ring substituents is 1. The molecule has 0 atom stereocenters. The molecule has 2 rings (SSSR count). The third-order valence-corrected chi connectivity index (χ3v) is 3.25. The van der Waals surface area contributed by atoms with Gasteiger partial charge in [-0.05, 0) is 6.07 Å². The van der Waals surface area contributed by atoms with Gasteiger partial charge >= 0.3 is 0 Å². The minimum atomic E-state index is -0.410. The predicted octanol–water partition coefficient (Wildman–Crippen LogP) is 1.61. The van der Waals surface area contributed by atoms with Gasteiger partial charge in [-0.15, -0.1) is 0 Å². The Morgan fingerprint density at radius 2 is 2.31 bits per heavy atom. The fourth-order valence-corrected chi connectivity index (χ4v) is 2.44. The summed E-state index contributed by atoms with van der Waals surface area (Å²) in [6.45, 7) is 0. The number of nitrogens with zero attached hydrogens (tertiary/aromatic N) is 3. The molecule has 1 heterocycles. The molecule has 7 heteroatoms. The summed E-state index contributed by atoms with van der Waals surface area (Å²) in [4.78, 5) is 15.6. The van der Waals surface area contributed by atoms with Crippen LogP contribution in [0.2, 0.25) is 0 Å². The van der Waals surface area contributed by atoms with Gasteiger partial charge in [-0.1, -0.05) is 16.5 Å². The maximum atomic E-state index is 10.6. The third kappa shape index (κ3) is 1.65. The monoisotopic (exact) mass is 239 g/mol. The Kier molecular flexibility index (Phi) is 2.61.